The molecule has 0 unspecified atom stereocenters. The third-order valence-corrected chi connectivity index (χ3v) is 5.82. The largest absolute Gasteiger partial charge is 0.332 e. The van der Waals surface area contributed by atoms with Crippen molar-refractivity contribution in [2.24, 2.45) is 4.40 Å². The van der Waals surface area contributed by atoms with Crippen LogP contribution in [0.2, 0.25) is 10.0 Å². The first-order valence-electron chi connectivity index (χ1n) is 8.15. The molecule has 0 radical (unpaired) electrons. The zero-order chi connectivity index (χ0) is 20.5. The highest BCUT2D eigenvalue weighted by Crippen LogP contribution is 2.29. The molecular weight excluding hydrogens is 427 g/mol. The molecule has 3 rings (SSSR count). The lowest BCUT2D eigenvalue weighted by molar-refractivity contribution is -0.129. The van der Waals surface area contributed by atoms with Gasteiger partial charge in [-0.15, -0.1) is 4.40 Å². The van der Waals surface area contributed by atoms with Crippen LogP contribution >= 0.6 is 23.2 Å². The molecular formula is C17H16Cl2N4O4S. The maximum absolute atomic E-state index is 12.6. The van der Waals surface area contributed by atoms with E-state index in [2.05, 4.69) is 9.71 Å². The highest BCUT2D eigenvalue weighted by atomic mass is 35.5. The summed E-state index contributed by atoms with van der Waals surface area (Å²) in [5, 5.41) is 3.17. The van der Waals surface area contributed by atoms with Gasteiger partial charge in [-0.25, -0.2) is 8.42 Å². The minimum Gasteiger partial charge on any atom is -0.332 e. The Balaban J connectivity index is 1.66. The summed E-state index contributed by atoms with van der Waals surface area (Å²) in [6.07, 6.45) is 4.45. The molecule has 0 bridgehead atoms. The number of rotatable bonds is 4. The van der Waals surface area contributed by atoms with Crippen LogP contribution < -0.4 is 5.32 Å². The maximum Gasteiger partial charge on any atom is 0.256 e. The zero-order valence-corrected chi connectivity index (χ0v) is 17.1. The molecule has 0 spiro atoms. The molecule has 8 nitrogen and oxygen atoms in total. The van der Waals surface area contributed by atoms with Crippen LogP contribution in [0.15, 0.2) is 46.5 Å². The molecule has 148 valence electrons. The number of nitrogens with zero attached hydrogens (tertiary/aromatic N) is 3. The minimum absolute atomic E-state index is 0.126. The third-order valence-electron chi connectivity index (χ3n) is 4.03. The third kappa shape index (κ3) is 4.54. The van der Waals surface area contributed by atoms with Crippen molar-refractivity contribution in [1.29, 1.82) is 0 Å². The molecule has 0 saturated heterocycles. The van der Waals surface area contributed by atoms with Gasteiger partial charge in [0, 0.05) is 19.8 Å². The number of fused-ring (bicyclic) bond motifs is 1. The van der Waals surface area contributed by atoms with E-state index in [1.54, 1.807) is 23.1 Å². The summed E-state index contributed by atoms with van der Waals surface area (Å²) in [4.78, 5) is 27.7. The summed E-state index contributed by atoms with van der Waals surface area (Å²) in [5.74, 6) is -0.725. The number of anilines is 1. The average Bonchev–Trinajstić information content (AvgIpc) is 2.63. The van der Waals surface area contributed by atoms with Gasteiger partial charge >= 0.3 is 0 Å². The fourth-order valence-corrected chi connectivity index (χ4v) is 4.09. The predicted octanol–water partition coefficient (Wildman–Crippen LogP) is 1.89. The molecule has 1 aromatic carbocycles. The Morgan fingerprint density at radius 3 is 2.61 bits per heavy atom. The number of benzene rings is 1. The van der Waals surface area contributed by atoms with Crippen molar-refractivity contribution in [2.75, 3.05) is 31.2 Å². The summed E-state index contributed by atoms with van der Waals surface area (Å²) in [7, 11) is -1.98. The lowest BCUT2D eigenvalue weighted by Crippen LogP contribution is -2.39. The zero-order valence-electron chi connectivity index (χ0n) is 14.7. The minimum atomic E-state index is -3.46. The average molecular weight is 443 g/mol. The van der Waals surface area contributed by atoms with Crippen molar-refractivity contribution in [3.8, 4) is 0 Å². The number of sulfonamides is 1. The maximum atomic E-state index is 12.6. The van der Waals surface area contributed by atoms with E-state index < -0.39 is 21.8 Å². The first-order chi connectivity index (χ1) is 13.2. The van der Waals surface area contributed by atoms with Crippen LogP contribution in [-0.2, 0) is 19.6 Å². The number of halogens is 2. The second-order valence-electron chi connectivity index (χ2n) is 6.15. The van der Waals surface area contributed by atoms with Crippen LogP contribution in [0.1, 0.15) is 0 Å². The summed E-state index contributed by atoms with van der Waals surface area (Å²) >= 11 is 12.0. The molecule has 28 heavy (non-hydrogen) atoms. The van der Waals surface area contributed by atoms with E-state index in [1.165, 1.54) is 30.3 Å². The molecule has 0 fully saturated rings. The van der Waals surface area contributed by atoms with Crippen LogP contribution in [0.5, 0.6) is 0 Å². The number of carbonyl (C=O) groups excluding carboxylic acids is 2. The molecule has 2 amide bonds. The Morgan fingerprint density at radius 2 is 1.93 bits per heavy atom. The van der Waals surface area contributed by atoms with E-state index in [4.69, 9.17) is 23.2 Å². The van der Waals surface area contributed by atoms with Gasteiger partial charge < -0.3 is 15.1 Å². The van der Waals surface area contributed by atoms with Crippen molar-refractivity contribution in [3.63, 3.8) is 0 Å². The van der Waals surface area contributed by atoms with Crippen molar-refractivity contribution < 1.29 is 18.0 Å². The summed E-state index contributed by atoms with van der Waals surface area (Å²) in [6.45, 7) is -0.0155. The van der Waals surface area contributed by atoms with Gasteiger partial charge in [-0.3, -0.25) is 9.59 Å². The Labute approximate surface area is 172 Å². The predicted molar refractivity (Wildman–Crippen MR) is 108 cm³/mol. The number of nitrogens with one attached hydrogen (secondary N) is 1. The molecule has 11 heteroatoms. The van der Waals surface area contributed by atoms with Crippen molar-refractivity contribution in [1.82, 2.24) is 9.80 Å². The Hall–Kier alpha value is -2.36. The van der Waals surface area contributed by atoms with Crippen LogP contribution in [0.3, 0.4) is 0 Å². The summed E-state index contributed by atoms with van der Waals surface area (Å²) < 4.78 is 26.7. The van der Waals surface area contributed by atoms with E-state index in [9.17, 15) is 18.0 Å². The van der Waals surface area contributed by atoms with E-state index in [-0.39, 0.29) is 30.4 Å². The van der Waals surface area contributed by atoms with Crippen molar-refractivity contribution in [2.45, 2.75) is 0 Å². The number of likely N-dealkylation sites (N-methyl/N-ethyl adjacent to an activating group) is 1. The quantitative estimate of drug-likeness (QED) is 0.767. The molecule has 0 atom stereocenters. The second kappa shape index (κ2) is 7.94. The highest BCUT2D eigenvalue weighted by Gasteiger charge is 2.26. The van der Waals surface area contributed by atoms with E-state index in [0.717, 1.165) is 0 Å². The van der Waals surface area contributed by atoms with Crippen LogP contribution in [0.4, 0.5) is 5.69 Å². The summed E-state index contributed by atoms with van der Waals surface area (Å²) in [5.41, 5.74) is 0.591. The van der Waals surface area contributed by atoms with Gasteiger partial charge in [-0.05, 0) is 24.3 Å². The molecule has 0 saturated carbocycles. The van der Waals surface area contributed by atoms with E-state index in [1.807, 2.05) is 0 Å². The lowest BCUT2D eigenvalue weighted by Gasteiger charge is -2.28. The molecule has 0 aliphatic carbocycles. The number of amides is 2. The first-order valence-corrected chi connectivity index (χ1v) is 10.5. The Kier molecular flexibility index (Phi) is 5.78. The monoisotopic (exact) mass is 442 g/mol. The van der Waals surface area contributed by atoms with E-state index in [0.29, 0.717) is 15.6 Å². The second-order valence-corrected chi connectivity index (χ2v) is 8.72. The standard InChI is InChI=1S/C17H16Cl2N4O4S/c1-22(10-15(24)20-16-12(18)3-2-4-13(16)19)17(25)11-5-6-14-21-28(26,27)8-7-23(14)9-11/h2-6,9H,7-8,10H2,1H3,(H,20,24). The van der Waals surface area contributed by atoms with Gasteiger partial charge in [-0.1, -0.05) is 29.3 Å². The number of para-hydroxylation sites is 1. The molecule has 0 aromatic heterocycles. The van der Waals surface area contributed by atoms with Gasteiger partial charge in [-0.2, -0.15) is 0 Å². The molecule has 2 aliphatic heterocycles. The van der Waals surface area contributed by atoms with Gasteiger partial charge in [0.25, 0.3) is 15.9 Å². The normalized spacial score (nSPS) is 17.3. The molecule has 2 aliphatic rings. The fourth-order valence-electron chi connectivity index (χ4n) is 2.63. The molecule has 2 heterocycles. The first kappa shape index (κ1) is 20.4. The number of hydrogen-bond donors (Lipinski definition) is 1. The van der Waals surface area contributed by atoms with Crippen molar-refractivity contribution in [3.05, 3.63) is 52.2 Å². The summed E-state index contributed by atoms with van der Waals surface area (Å²) in [6, 6.07) is 4.84. The van der Waals surface area contributed by atoms with Gasteiger partial charge in [0.1, 0.15) is 5.84 Å². The highest BCUT2D eigenvalue weighted by molar-refractivity contribution is 7.90. The lowest BCUT2D eigenvalue weighted by atomic mass is 10.1. The SMILES string of the molecule is CN(CC(=O)Nc1c(Cl)cccc1Cl)C(=O)C1=CN2CCS(=O)(=O)N=C2C=C1. The van der Waals surface area contributed by atoms with E-state index >= 15 is 0 Å². The Bertz CT molecular complexity index is 1010. The molecule has 1 N–H and O–H groups in total. The van der Waals surface area contributed by atoms with Gasteiger partial charge in [0.2, 0.25) is 5.91 Å². The smallest absolute Gasteiger partial charge is 0.256 e. The van der Waals surface area contributed by atoms with Crippen molar-refractivity contribution >= 4 is 56.6 Å². The fraction of sp³-hybridized carbons (Fsp3) is 0.235. The topological polar surface area (TPSA) is 99.1 Å². The number of carbonyl (C=O) groups is 2. The Morgan fingerprint density at radius 1 is 1.25 bits per heavy atom. The van der Waals surface area contributed by atoms with Crippen LogP contribution in [0, 0.1) is 0 Å². The van der Waals surface area contributed by atoms with Crippen LogP contribution in [-0.4, -0.2) is 61.8 Å². The van der Waals surface area contributed by atoms with Crippen LogP contribution in [0.25, 0.3) is 0 Å². The molecule has 1 aromatic rings. The van der Waals surface area contributed by atoms with Gasteiger partial charge in [0.05, 0.1) is 33.6 Å². The number of hydrogen-bond acceptors (Lipinski definition) is 5. The number of amidine groups is 1. The van der Waals surface area contributed by atoms with Gasteiger partial charge in [0.15, 0.2) is 0 Å².